The Kier molecular flexibility index (Phi) is 3.50. The van der Waals surface area contributed by atoms with Crippen molar-refractivity contribution in [3.63, 3.8) is 0 Å². The molecule has 1 aromatic heterocycles. The van der Waals surface area contributed by atoms with Gasteiger partial charge in [-0.05, 0) is 32.0 Å². The first kappa shape index (κ1) is 12.9. The smallest absolute Gasteiger partial charge is 0.197 e. The van der Waals surface area contributed by atoms with Crippen LogP contribution in [-0.4, -0.2) is 17.6 Å². The largest absolute Gasteiger partial charge is 0.441 e. The summed E-state index contributed by atoms with van der Waals surface area (Å²) in [5.41, 5.74) is 1.83. The lowest BCUT2D eigenvalue weighted by molar-refractivity contribution is 0.230. The first-order valence-electron chi connectivity index (χ1n) is 6.95. The highest BCUT2D eigenvalue weighted by molar-refractivity contribution is 6.31. The van der Waals surface area contributed by atoms with Crippen LogP contribution in [0.5, 0.6) is 0 Å². The van der Waals surface area contributed by atoms with Gasteiger partial charge in [-0.25, -0.2) is 4.98 Å². The van der Waals surface area contributed by atoms with Crippen molar-refractivity contribution in [1.82, 2.24) is 10.3 Å². The fourth-order valence-electron chi connectivity index (χ4n) is 3.05. The Labute approximate surface area is 118 Å². The molecule has 0 unspecified atom stereocenters. The molecule has 1 saturated carbocycles. The second-order valence-electron chi connectivity index (χ2n) is 5.49. The highest BCUT2D eigenvalue weighted by Gasteiger charge is 2.32. The van der Waals surface area contributed by atoms with Crippen LogP contribution in [0.3, 0.4) is 0 Å². The first-order chi connectivity index (χ1) is 9.21. The van der Waals surface area contributed by atoms with Crippen molar-refractivity contribution >= 4 is 22.7 Å². The first-order valence-corrected chi connectivity index (χ1v) is 7.32. The molecule has 0 atom stereocenters. The molecular weight excluding hydrogens is 260 g/mol. The fraction of sp³-hybridized carbons (Fsp3) is 0.533. The van der Waals surface area contributed by atoms with Gasteiger partial charge in [0.1, 0.15) is 5.52 Å². The topological polar surface area (TPSA) is 38.1 Å². The van der Waals surface area contributed by atoms with Crippen molar-refractivity contribution in [1.29, 1.82) is 0 Å². The van der Waals surface area contributed by atoms with E-state index >= 15 is 0 Å². The summed E-state index contributed by atoms with van der Waals surface area (Å²) in [6.45, 7) is 0. The Morgan fingerprint density at radius 2 is 2.11 bits per heavy atom. The van der Waals surface area contributed by atoms with Gasteiger partial charge < -0.3 is 9.73 Å². The SMILES string of the molecule is CNC1(Cc2nc3ccc(Cl)cc3o2)CCCCC1. The van der Waals surface area contributed by atoms with Crippen molar-refractivity contribution in [3.8, 4) is 0 Å². The van der Waals surface area contributed by atoms with Gasteiger partial charge in [-0.3, -0.25) is 0 Å². The molecule has 0 spiro atoms. The summed E-state index contributed by atoms with van der Waals surface area (Å²) < 4.78 is 5.84. The van der Waals surface area contributed by atoms with Gasteiger partial charge in [0.2, 0.25) is 0 Å². The van der Waals surface area contributed by atoms with Gasteiger partial charge >= 0.3 is 0 Å². The van der Waals surface area contributed by atoms with Crippen LogP contribution >= 0.6 is 11.6 Å². The highest BCUT2D eigenvalue weighted by atomic mass is 35.5. The summed E-state index contributed by atoms with van der Waals surface area (Å²) in [6, 6.07) is 5.60. The number of rotatable bonds is 3. The molecular formula is C15H19ClN2O. The van der Waals surface area contributed by atoms with Crippen LogP contribution < -0.4 is 5.32 Å². The minimum atomic E-state index is 0.156. The van der Waals surface area contributed by atoms with Crippen LogP contribution in [0.1, 0.15) is 38.0 Å². The Hall–Kier alpha value is -1.06. The molecule has 0 aliphatic heterocycles. The number of nitrogens with one attached hydrogen (secondary N) is 1. The van der Waals surface area contributed by atoms with Gasteiger partial charge in [0.15, 0.2) is 11.5 Å². The van der Waals surface area contributed by atoms with Gasteiger partial charge in [-0.15, -0.1) is 0 Å². The minimum absolute atomic E-state index is 0.156. The molecule has 2 aromatic rings. The van der Waals surface area contributed by atoms with E-state index in [-0.39, 0.29) is 5.54 Å². The zero-order valence-electron chi connectivity index (χ0n) is 11.2. The number of hydrogen-bond donors (Lipinski definition) is 1. The second-order valence-corrected chi connectivity index (χ2v) is 5.92. The second kappa shape index (κ2) is 5.14. The average molecular weight is 279 g/mol. The molecule has 19 heavy (non-hydrogen) atoms. The molecule has 1 heterocycles. The number of halogens is 1. The summed E-state index contributed by atoms with van der Waals surface area (Å²) in [4.78, 5) is 4.58. The number of benzene rings is 1. The Morgan fingerprint density at radius 1 is 1.32 bits per heavy atom. The van der Waals surface area contributed by atoms with Crippen molar-refractivity contribution < 1.29 is 4.42 Å². The van der Waals surface area contributed by atoms with Crippen LogP contribution in [0.25, 0.3) is 11.1 Å². The van der Waals surface area contributed by atoms with Gasteiger partial charge in [-0.1, -0.05) is 30.9 Å². The van der Waals surface area contributed by atoms with Crippen LogP contribution in [-0.2, 0) is 6.42 Å². The van der Waals surface area contributed by atoms with Crippen molar-refractivity contribution in [2.24, 2.45) is 0 Å². The normalized spacial score (nSPS) is 18.8. The lowest BCUT2D eigenvalue weighted by Crippen LogP contribution is -2.46. The maximum absolute atomic E-state index is 5.97. The summed E-state index contributed by atoms with van der Waals surface area (Å²) in [5.74, 6) is 0.813. The zero-order chi connectivity index (χ0) is 13.3. The van der Waals surface area contributed by atoms with Crippen molar-refractivity contribution in [2.45, 2.75) is 44.1 Å². The predicted molar refractivity (Wildman–Crippen MR) is 77.6 cm³/mol. The molecule has 1 N–H and O–H groups in total. The number of oxazole rings is 1. The van der Waals surface area contributed by atoms with E-state index in [1.165, 1.54) is 32.1 Å². The minimum Gasteiger partial charge on any atom is -0.441 e. The molecule has 0 amide bonds. The molecule has 3 nitrogen and oxygen atoms in total. The molecule has 0 bridgehead atoms. The third-order valence-corrected chi connectivity index (χ3v) is 4.46. The van der Waals surface area contributed by atoms with Crippen LogP contribution in [0.2, 0.25) is 5.02 Å². The predicted octanol–water partition coefficient (Wildman–Crippen LogP) is 3.95. The van der Waals surface area contributed by atoms with Crippen LogP contribution in [0, 0.1) is 0 Å². The summed E-state index contributed by atoms with van der Waals surface area (Å²) >= 11 is 5.97. The molecule has 1 aliphatic carbocycles. The molecule has 3 rings (SSSR count). The number of fused-ring (bicyclic) bond motifs is 1. The number of nitrogens with zero attached hydrogens (tertiary/aromatic N) is 1. The molecule has 0 radical (unpaired) electrons. The van der Waals surface area contributed by atoms with Gasteiger partial charge in [0, 0.05) is 23.0 Å². The van der Waals surface area contributed by atoms with Crippen LogP contribution in [0.15, 0.2) is 22.6 Å². The van der Waals surface area contributed by atoms with Crippen LogP contribution in [0.4, 0.5) is 0 Å². The van der Waals surface area contributed by atoms with E-state index in [2.05, 4.69) is 10.3 Å². The van der Waals surface area contributed by atoms with E-state index in [9.17, 15) is 0 Å². The van der Waals surface area contributed by atoms with E-state index in [1.54, 1.807) is 0 Å². The number of hydrogen-bond acceptors (Lipinski definition) is 3. The lowest BCUT2D eigenvalue weighted by Gasteiger charge is -2.36. The van der Waals surface area contributed by atoms with E-state index in [0.717, 1.165) is 23.4 Å². The summed E-state index contributed by atoms with van der Waals surface area (Å²) in [5, 5.41) is 4.19. The zero-order valence-corrected chi connectivity index (χ0v) is 12.0. The molecule has 1 aromatic carbocycles. The maximum atomic E-state index is 5.97. The average Bonchev–Trinajstić information content (AvgIpc) is 2.81. The number of likely N-dealkylation sites (N-methyl/N-ethyl adjacent to an activating group) is 1. The lowest BCUT2D eigenvalue weighted by atomic mass is 9.79. The maximum Gasteiger partial charge on any atom is 0.197 e. The van der Waals surface area contributed by atoms with Crippen molar-refractivity contribution in [2.75, 3.05) is 7.05 Å². The molecule has 0 saturated heterocycles. The third kappa shape index (κ3) is 2.63. The Bertz CT molecular complexity index is 573. The monoisotopic (exact) mass is 278 g/mol. The molecule has 1 aliphatic rings. The van der Waals surface area contributed by atoms with Gasteiger partial charge in [-0.2, -0.15) is 0 Å². The van der Waals surface area contributed by atoms with E-state index in [4.69, 9.17) is 16.0 Å². The third-order valence-electron chi connectivity index (χ3n) is 4.23. The quantitative estimate of drug-likeness (QED) is 0.924. The van der Waals surface area contributed by atoms with E-state index in [1.807, 2.05) is 25.2 Å². The standard InChI is InChI=1S/C15H19ClN2O/c1-17-15(7-3-2-4-8-15)10-14-18-12-6-5-11(16)9-13(12)19-14/h5-6,9,17H,2-4,7-8,10H2,1H3. The van der Waals surface area contributed by atoms with Crippen molar-refractivity contribution in [3.05, 3.63) is 29.1 Å². The highest BCUT2D eigenvalue weighted by Crippen LogP contribution is 2.32. The Balaban J connectivity index is 1.87. The molecule has 1 fully saturated rings. The number of aromatic nitrogens is 1. The van der Waals surface area contributed by atoms with Gasteiger partial charge in [0.05, 0.1) is 0 Å². The van der Waals surface area contributed by atoms with E-state index in [0.29, 0.717) is 5.02 Å². The summed E-state index contributed by atoms with van der Waals surface area (Å²) in [7, 11) is 2.05. The van der Waals surface area contributed by atoms with Gasteiger partial charge in [0.25, 0.3) is 0 Å². The summed E-state index contributed by atoms with van der Waals surface area (Å²) in [6.07, 6.45) is 7.16. The Morgan fingerprint density at radius 3 is 2.84 bits per heavy atom. The molecule has 4 heteroatoms. The molecule has 102 valence electrons. The fourth-order valence-corrected chi connectivity index (χ4v) is 3.22. The van der Waals surface area contributed by atoms with E-state index < -0.39 is 0 Å².